The maximum absolute atomic E-state index is 11.0. The van der Waals surface area contributed by atoms with Gasteiger partial charge in [-0.05, 0) is 24.3 Å². The molecular formula is C12H10N4O2. The van der Waals surface area contributed by atoms with Gasteiger partial charge in [-0.2, -0.15) is 0 Å². The van der Waals surface area contributed by atoms with Crippen LogP contribution in [0.15, 0.2) is 59.1 Å². The predicted octanol–water partition coefficient (Wildman–Crippen LogP) is 2.79. The zero-order valence-corrected chi connectivity index (χ0v) is 9.38. The summed E-state index contributed by atoms with van der Waals surface area (Å²) in [6.45, 7) is 0. The molecule has 90 valence electrons. The molecule has 0 amide bonds. The minimum atomic E-state index is -0.960. The fraction of sp³-hybridized carbons (Fsp3) is 0.167. The van der Waals surface area contributed by atoms with Crippen molar-refractivity contribution in [2.45, 2.75) is 12.1 Å². The molecule has 18 heavy (non-hydrogen) atoms. The lowest BCUT2D eigenvalue weighted by Gasteiger charge is -2.13. The summed E-state index contributed by atoms with van der Waals surface area (Å²) >= 11 is 0. The molecule has 2 atom stereocenters. The molecule has 6 nitrogen and oxygen atoms in total. The van der Waals surface area contributed by atoms with Crippen molar-refractivity contribution in [1.82, 2.24) is 9.97 Å². The molecule has 2 unspecified atom stereocenters. The first-order chi connectivity index (χ1) is 8.86. The normalized spacial score (nSPS) is 13.6. The van der Waals surface area contributed by atoms with Crippen LogP contribution in [0.25, 0.3) is 0 Å². The SMILES string of the molecule is O=NC(c1ccccn1)C(N=O)c1ccccn1. The van der Waals surface area contributed by atoms with Gasteiger partial charge in [-0.3, -0.25) is 9.97 Å². The number of nitroso groups, excluding NO2 is 2. The second-order valence-corrected chi connectivity index (χ2v) is 3.61. The maximum atomic E-state index is 11.0. The van der Waals surface area contributed by atoms with Gasteiger partial charge in [0, 0.05) is 12.4 Å². The van der Waals surface area contributed by atoms with E-state index in [4.69, 9.17) is 0 Å². The van der Waals surface area contributed by atoms with Gasteiger partial charge in [-0.1, -0.05) is 22.5 Å². The number of pyridine rings is 2. The minimum absolute atomic E-state index is 0.405. The molecule has 2 rings (SSSR count). The molecule has 0 aliphatic heterocycles. The van der Waals surface area contributed by atoms with Crippen LogP contribution in [0.3, 0.4) is 0 Å². The van der Waals surface area contributed by atoms with Crippen LogP contribution in [-0.4, -0.2) is 9.97 Å². The van der Waals surface area contributed by atoms with E-state index in [2.05, 4.69) is 20.3 Å². The Hall–Kier alpha value is -2.50. The molecule has 0 aliphatic rings. The fourth-order valence-electron chi connectivity index (χ4n) is 1.65. The van der Waals surface area contributed by atoms with E-state index < -0.39 is 12.1 Å². The average Bonchev–Trinajstić information content (AvgIpc) is 2.46. The summed E-state index contributed by atoms with van der Waals surface area (Å²) in [5, 5.41) is 5.92. The van der Waals surface area contributed by atoms with Crippen molar-refractivity contribution >= 4 is 0 Å². The van der Waals surface area contributed by atoms with Crippen LogP contribution < -0.4 is 0 Å². The molecule has 0 radical (unpaired) electrons. The van der Waals surface area contributed by atoms with Crippen molar-refractivity contribution < 1.29 is 0 Å². The lowest BCUT2D eigenvalue weighted by Crippen LogP contribution is -2.09. The van der Waals surface area contributed by atoms with Crippen LogP contribution >= 0.6 is 0 Å². The van der Waals surface area contributed by atoms with Gasteiger partial charge in [0.1, 0.15) is 0 Å². The van der Waals surface area contributed by atoms with E-state index in [9.17, 15) is 9.81 Å². The molecule has 0 bridgehead atoms. The van der Waals surface area contributed by atoms with E-state index in [0.717, 1.165) is 0 Å². The standard InChI is InChI=1S/C12H10N4O2/c17-15-11(9-5-1-3-7-13-9)12(16-18)10-6-2-4-8-14-10/h1-8,11-12H. The van der Waals surface area contributed by atoms with E-state index in [-0.39, 0.29) is 0 Å². The fourth-order valence-corrected chi connectivity index (χ4v) is 1.65. The van der Waals surface area contributed by atoms with E-state index in [1.54, 1.807) is 36.4 Å². The van der Waals surface area contributed by atoms with Crippen LogP contribution in [0.5, 0.6) is 0 Å². The summed E-state index contributed by atoms with van der Waals surface area (Å²) in [7, 11) is 0. The Labute approximate surface area is 103 Å². The van der Waals surface area contributed by atoms with Crippen LogP contribution in [0.1, 0.15) is 23.5 Å². The highest BCUT2D eigenvalue weighted by Crippen LogP contribution is 2.32. The highest BCUT2D eigenvalue weighted by molar-refractivity contribution is 5.18. The molecule has 0 fully saturated rings. The summed E-state index contributed by atoms with van der Waals surface area (Å²) in [6.07, 6.45) is 3.07. The highest BCUT2D eigenvalue weighted by atomic mass is 16.3. The van der Waals surface area contributed by atoms with E-state index in [1.807, 2.05) is 0 Å². The summed E-state index contributed by atoms with van der Waals surface area (Å²) in [4.78, 5) is 30.0. The zero-order chi connectivity index (χ0) is 12.8. The first-order valence-corrected chi connectivity index (χ1v) is 5.33. The third kappa shape index (κ3) is 2.42. The molecular weight excluding hydrogens is 232 g/mol. The lowest BCUT2D eigenvalue weighted by molar-refractivity contribution is 0.546. The van der Waals surface area contributed by atoms with Gasteiger partial charge in [0.2, 0.25) is 0 Å². The summed E-state index contributed by atoms with van der Waals surface area (Å²) < 4.78 is 0. The Morgan fingerprint density at radius 3 is 1.50 bits per heavy atom. The molecule has 0 aliphatic carbocycles. The molecule has 2 aromatic rings. The van der Waals surface area contributed by atoms with Crippen molar-refractivity contribution in [3.63, 3.8) is 0 Å². The second kappa shape index (κ2) is 5.72. The number of rotatable bonds is 5. The van der Waals surface area contributed by atoms with Gasteiger partial charge in [0.25, 0.3) is 0 Å². The third-order valence-electron chi connectivity index (χ3n) is 2.51. The van der Waals surface area contributed by atoms with Gasteiger partial charge in [0.05, 0.1) is 11.4 Å². The van der Waals surface area contributed by atoms with Gasteiger partial charge in [-0.25, -0.2) is 0 Å². The zero-order valence-electron chi connectivity index (χ0n) is 9.38. The molecule has 0 aromatic carbocycles. The molecule has 0 saturated carbocycles. The Balaban J connectivity index is 2.37. The quantitative estimate of drug-likeness (QED) is 0.754. The lowest BCUT2D eigenvalue weighted by atomic mass is 10.0. The number of hydrogen-bond acceptors (Lipinski definition) is 6. The summed E-state index contributed by atoms with van der Waals surface area (Å²) in [5.74, 6) is 0. The van der Waals surface area contributed by atoms with Crippen LogP contribution in [0.4, 0.5) is 0 Å². The van der Waals surface area contributed by atoms with Gasteiger partial charge in [-0.15, -0.1) is 9.81 Å². The summed E-state index contributed by atoms with van der Waals surface area (Å²) in [6, 6.07) is 8.23. The first-order valence-electron chi connectivity index (χ1n) is 5.33. The molecule has 0 spiro atoms. The van der Waals surface area contributed by atoms with E-state index >= 15 is 0 Å². The van der Waals surface area contributed by atoms with Crippen molar-refractivity contribution in [3.8, 4) is 0 Å². The van der Waals surface area contributed by atoms with Crippen LogP contribution in [0, 0.1) is 9.81 Å². The largest absolute Gasteiger partial charge is 0.259 e. The minimum Gasteiger partial charge on any atom is -0.259 e. The molecule has 6 heteroatoms. The van der Waals surface area contributed by atoms with Gasteiger partial charge in [0.15, 0.2) is 12.1 Å². The predicted molar refractivity (Wildman–Crippen MR) is 65.5 cm³/mol. The monoisotopic (exact) mass is 242 g/mol. The van der Waals surface area contributed by atoms with E-state index in [1.165, 1.54) is 12.4 Å². The highest BCUT2D eigenvalue weighted by Gasteiger charge is 2.29. The Morgan fingerprint density at radius 1 is 0.778 bits per heavy atom. The number of hydrogen-bond donors (Lipinski definition) is 0. The van der Waals surface area contributed by atoms with Crippen LogP contribution in [0.2, 0.25) is 0 Å². The second-order valence-electron chi connectivity index (χ2n) is 3.61. The first kappa shape index (κ1) is 12.0. The van der Waals surface area contributed by atoms with Gasteiger partial charge < -0.3 is 0 Å². The Bertz CT molecular complexity index is 469. The molecule has 2 heterocycles. The number of aromatic nitrogens is 2. The van der Waals surface area contributed by atoms with Crippen molar-refractivity contribution in [1.29, 1.82) is 0 Å². The van der Waals surface area contributed by atoms with Crippen molar-refractivity contribution in [3.05, 3.63) is 70.0 Å². The van der Waals surface area contributed by atoms with Crippen molar-refractivity contribution in [2.75, 3.05) is 0 Å². The smallest absolute Gasteiger partial charge is 0.165 e. The molecule has 0 saturated heterocycles. The average molecular weight is 242 g/mol. The number of nitrogens with zero attached hydrogens (tertiary/aromatic N) is 4. The molecule has 0 N–H and O–H groups in total. The third-order valence-corrected chi connectivity index (χ3v) is 2.51. The maximum Gasteiger partial charge on any atom is 0.165 e. The van der Waals surface area contributed by atoms with Crippen molar-refractivity contribution in [2.24, 2.45) is 10.4 Å². The van der Waals surface area contributed by atoms with Gasteiger partial charge >= 0.3 is 0 Å². The van der Waals surface area contributed by atoms with Crippen LogP contribution in [-0.2, 0) is 0 Å². The molecule has 2 aromatic heterocycles. The summed E-state index contributed by atoms with van der Waals surface area (Å²) in [5.41, 5.74) is 0.811. The van der Waals surface area contributed by atoms with E-state index in [0.29, 0.717) is 11.4 Å². The Morgan fingerprint density at radius 2 is 1.22 bits per heavy atom. The Kier molecular flexibility index (Phi) is 3.80. The topological polar surface area (TPSA) is 84.6 Å².